The van der Waals surface area contributed by atoms with E-state index in [2.05, 4.69) is 12.1 Å². The monoisotopic (exact) mass is 231 g/mol. The van der Waals surface area contributed by atoms with Gasteiger partial charge in [0.1, 0.15) is 11.9 Å². The summed E-state index contributed by atoms with van der Waals surface area (Å²) in [7, 11) is 0. The summed E-state index contributed by atoms with van der Waals surface area (Å²) in [5.74, 6) is 2.72. The number of para-hydroxylation sites is 1. The SMILES string of the molecule is CC(N)c1ccccc1OC1CC2CCC1C2. The van der Waals surface area contributed by atoms with Crippen molar-refractivity contribution in [2.45, 2.75) is 44.8 Å². The topological polar surface area (TPSA) is 35.2 Å². The summed E-state index contributed by atoms with van der Waals surface area (Å²) in [5.41, 5.74) is 7.12. The van der Waals surface area contributed by atoms with Crippen LogP contribution < -0.4 is 10.5 Å². The molecule has 0 radical (unpaired) electrons. The lowest BCUT2D eigenvalue weighted by atomic mass is 9.97. The predicted molar refractivity (Wildman–Crippen MR) is 68.9 cm³/mol. The largest absolute Gasteiger partial charge is 0.490 e. The van der Waals surface area contributed by atoms with E-state index in [1.807, 2.05) is 19.1 Å². The number of benzene rings is 1. The molecule has 2 nitrogen and oxygen atoms in total. The second-order valence-corrected chi connectivity index (χ2v) is 5.66. The van der Waals surface area contributed by atoms with Gasteiger partial charge < -0.3 is 10.5 Å². The Morgan fingerprint density at radius 1 is 1.24 bits per heavy atom. The summed E-state index contributed by atoms with van der Waals surface area (Å²) in [6.45, 7) is 2.02. The molecule has 2 aliphatic rings. The Labute approximate surface area is 103 Å². The Bertz CT molecular complexity index is 402. The number of fused-ring (bicyclic) bond motifs is 2. The van der Waals surface area contributed by atoms with Crippen LogP contribution in [-0.4, -0.2) is 6.10 Å². The van der Waals surface area contributed by atoms with Crippen LogP contribution in [0.15, 0.2) is 24.3 Å². The van der Waals surface area contributed by atoms with Crippen molar-refractivity contribution in [1.29, 1.82) is 0 Å². The fourth-order valence-electron chi connectivity index (χ4n) is 3.46. The summed E-state index contributed by atoms with van der Waals surface area (Å²) < 4.78 is 6.22. The van der Waals surface area contributed by atoms with Crippen LogP contribution in [0.25, 0.3) is 0 Å². The van der Waals surface area contributed by atoms with E-state index in [0.717, 1.165) is 23.1 Å². The molecule has 2 saturated carbocycles. The molecule has 1 aromatic rings. The Morgan fingerprint density at radius 2 is 2.06 bits per heavy atom. The maximum atomic E-state index is 6.22. The van der Waals surface area contributed by atoms with Gasteiger partial charge in [-0.2, -0.15) is 0 Å². The van der Waals surface area contributed by atoms with Crippen LogP contribution in [0.2, 0.25) is 0 Å². The zero-order valence-corrected chi connectivity index (χ0v) is 10.4. The molecule has 1 aromatic carbocycles. The van der Waals surface area contributed by atoms with Crippen molar-refractivity contribution < 1.29 is 4.74 Å². The summed E-state index contributed by atoms with van der Waals surface area (Å²) in [4.78, 5) is 0. The van der Waals surface area contributed by atoms with Gasteiger partial charge in [0.05, 0.1) is 0 Å². The molecule has 2 fully saturated rings. The Kier molecular flexibility index (Phi) is 2.83. The summed E-state index contributed by atoms with van der Waals surface area (Å²) in [6.07, 6.45) is 5.84. The first-order chi connectivity index (χ1) is 8.24. The van der Waals surface area contributed by atoms with Gasteiger partial charge in [0.15, 0.2) is 0 Å². The fourth-order valence-corrected chi connectivity index (χ4v) is 3.46. The fraction of sp³-hybridized carbons (Fsp3) is 0.600. The molecule has 0 spiro atoms. The smallest absolute Gasteiger partial charge is 0.124 e. The minimum Gasteiger partial charge on any atom is -0.490 e. The summed E-state index contributed by atoms with van der Waals surface area (Å²) >= 11 is 0. The number of rotatable bonds is 3. The number of nitrogens with two attached hydrogens (primary N) is 1. The van der Waals surface area contributed by atoms with Crippen molar-refractivity contribution in [3.8, 4) is 5.75 Å². The third kappa shape index (κ3) is 2.06. The van der Waals surface area contributed by atoms with Crippen molar-refractivity contribution in [3.05, 3.63) is 29.8 Å². The van der Waals surface area contributed by atoms with Gasteiger partial charge in [-0.25, -0.2) is 0 Å². The maximum Gasteiger partial charge on any atom is 0.124 e. The van der Waals surface area contributed by atoms with E-state index >= 15 is 0 Å². The van der Waals surface area contributed by atoms with Gasteiger partial charge in [0.2, 0.25) is 0 Å². The second kappa shape index (κ2) is 4.34. The molecule has 0 aromatic heterocycles. The van der Waals surface area contributed by atoms with Gasteiger partial charge in [-0.3, -0.25) is 0 Å². The van der Waals surface area contributed by atoms with E-state index in [1.54, 1.807) is 0 Å². The summed E-state index contributed by atoms with van der Waals surface area (Å²) in [6, 6.07) is 8.25. The highest BCUT2D eigenvalue weighted by atomic mass is 16.5. The maximum absolute atomic E-state index is 6.22. The minimum absolute atomic E-state index is 0.0461. The molecule has 0 saturated heterocycles. The lowest BCUT2D eigenvalue weighted by Crippen LogP contribution is -2.24. The van der Waals surface area contributed by atoms with Gasteiger partial charge in [0.25, 0.3) is 0 Å². The lowest BCUT2D eigenvalue weighted by Gasteiger charge is -2.25. The van der Waals surface area contributed by atoms with E-state index < -0.39 is 0 Å². The highest BCUT2D eigenvalue weighted by molar-refractivity contribution is 5.35. The molecule has 17 heavy (non-hydrogen) atoms. The van der Waals surface area contributed by atoms with Crippen LogP contribution in [-0.2, 0) is 0 Å². The van der Waals surface area contributed by atoms with Crippen molar-refractivity contribution in [2.75, 3.05) is 0 Å². The van der Waals surface area contributed by atoms with Gasteiger partial charge in [-0.15, -0.1) is 0 Å². The second-order valence-electron chi connectivity index (χ2n) is 5.66. The van der Waals surface area contributed by atoms with E-state index in [1.165, 1.54) is 25.7 Å². The van der Waals surface area contributed by atoms with Gasteiger partial charge in [0, 0.05) is 11.6 Å². The normalized spacial score (nSPS) is 32.7. The Balaban J connectivity index is 1.77. The predicted octanol–water partition coefficient (Wildman–Crippen LogP) is 3.27. The Hall–Kier alpha value is -1.02. The highest BCUT2D eigenvalue weighted by Gasteiger charge is 2.41. The van der Waals surface area contributed by atoms with Crippen LogP contribution in [0.4, 0.5) is 0 Å². The number of hydrogen-bond donors (Lipinski definition) is 1. The molecular formula is C15H21NO. The zero-order chi connectivity index (χ0) is 11.8. The average Bonchev–Trinajstić information content (AvgIpc) is 2.91. The first-order valence-corrected chi connectivity index (χ1v) is 6.75. The molecule has 0 aliphatic heterocycles. The van der Waals surface area contributed by atoms with Crippen LogP contribution in [0, 0.1) is 11.8 Å². The minimum atomic E-state index is 0.0461. The number of ether oxygens (including phenoxy) is 1. The first-order valence-electron chi connectivity index (χ1n) is 6.75. The third-order valence-corrected chi connectivity index (χ3v) is 4.36. The van der Waals surface area contributed by atoms with E-state index in [4.69, 9.17) is 10.5 Å². The molecule has 2 bridgehead atoms. The highest BCUT2D eigenvalue weighted by Crippen LogP contribution is 2.46. The van der Waals surface area contributed by atoms with Gasteiger partial charge in [-0.05, 0) is 50.5 Å². The van der Waals surface area contributed by atoms with Crippen molar-refractivity contribution in [1.82, 2.24) is 0 Å². The molecule has 2 N–H and O–H groups in total. The zero-order valence-electron chi connectivity index (χ0n) is 10.4. The van der Waals surface area contributed by atoms with Gasteiger partial charge in [-0.1, -0.05) is 18.2 Å². The molecule has 3 rings (SSSR count). The molecular weight excluding hydrogens is 210 g/mol. The summed E-state index contributed by atoms with van der Waals surface area (Å²) in [5, 5.41) is 0. The van der Waals surface area contributed by atoms with Crippen LogP contribution in [0.5, 0.6) is 5.75 Å². The van der Waals surface area contributed by atoms with E-state index in [0.29, 0.717) is 6.10 Å². The van der Waals surface area contributed by atoms with E-state index in [9.17, 15) is 0 Å². The molecule has 92 valence electrons. The van der Waals surface area contributed by atoms with Crippen molar-refractivity contribution in [2.24, 2.45) is 17.6 Å². The van der Waals surface area contributed by atoms with Crippen molar-refractivity contribution in [3.63, 3.8) is 0 Å². The molecule has 2 aliphatic carbocycles. The lowest BCUT2D eigenvalue weighted by molar-refractivity contribution is 0.136. The average molecular weight is 231 g/mol. The van der Waals surface area contributed by atoms with E-state index in [-0.39, 0.29) is 6.04 Å². The number of hydrogen-bond acceptors (Lipinski definition) is 2. The molecule has 0 heterocycles. The molecule has 0 amide bonds. The third-order valence-electron chi connectivity index (χ3n) is 4.36. The Morgan fingerprint density at radius 3 is 2.71 bits per heavy atom. The van der Waals surface area contributed by atoms with Crippen LogP contribution >= 0.6 is 0 Å². The molecule has 4 unspecified atom stereocenters. The molecule has 2 heteroatoms. The molecule has 4 atom stereocenters. The van der Waals surface area contributed by atoms with Crippen molar-refractivity contribution >= 4 is 0 Å². The van der Waals surface area contributed by atoms with Crippen LogP contribution in [0.1, 0.15) is 44.2 Å². The first kappa shape index (κ1) is 11.1. The van der Waals surface area contributed by atoms with Crippen LogP contribution in [0.3, 0.4) is 0 Å². The standard InChI is InChI=1S/C15H21NO/c1-10(16)13-4-2-3-5-14(13)17-15-9-11-6-7-12(15)8-11/h2-5,10-12,15H,6-9,16H2,1H3. The van der Waals surface area contributed by atoms with Gasteiger partial charge >= 0.3 is 0 Å². The quantitative estimate of drug-likeness (QED) is 0.866.